The van der Waals surface area contributed by atoms with E-state index in [2.05, 4.69) is 73.7 Å². The van der Waals surface area contributed by atoms with Crippen molar-refractivity contribution in [3.8, 4) is 0 Å². The van der Waals surface area contributed by atoms with E-state index >= 15 is 0 Å². The third-order valence-corrected chi connectivity index (χ3v) is 6.33. The third-order valence-electron chi connectivity index (χ3n) is 6.10. The molecule has 0 saturated heterocycles. The van der Waals surface area contributed by atoms with E-state index in [0.29, 0.717) is 12.1 Å². The van der Waals surface area contributed by atoms with Crippen LogP contribution in [0.2, 0.25) is 5.02 Å². The van der Waals surface area contributed by atoms with Crippen LogP contribution >= 0.6 is 11.6 Å². The van der Waals surface area contributed by atoms with Gasteiger partial charge in [0, 0.05) is 46.7 Å². The minimum atomic E-state index is 0.412. The molecular formula is C23H27ClN2. The Bertz CT molecular complexity index is 956. The number of fused-ring (bicyclic) bond motifs is 3. The standard InChI is InChI=1S/C23H27ClN2/c1-15-6-5-7-18(12-15)10-11-26-21-9-8-19(24)14-20(21)23-17(3)25(4)16(2)13-22(23)26/h5-9,12,14,16-17H,10-11,13H2,1-4H3. The molecule has 2 nitrogen and oxygen atoms in total. The van der Waals surface area contributed by atoms with Crippen LogP contribution in [0, 0.1) is 6.92 Å². The summed E-state index contributed by atoms with van der Waals surface area (Å²) in [5.74, 6) is 0. The number of nitrogens with zero attached hydrogens (tertiary/aromatic N) is 2. The van der Waals surface area contributed by atoms with Gasteiger partial charge in [0.15, 0.2) is 0 Å². The molecule has 0 radical (unpaired) electrons. The first-order valence-electron chi connectivity index (χ1n) is 9.53. The van der Waals surface area contributed by atoms with Crippen LogP contribution in [0.15, 0.2) is 42.5 Å². The van der Waals surface area contributed by atoms with Gasteiger partial charge in [-0.15, -0.1) is 0 Å². The lowest BCUT2D eigenvalue weighted by Crippen LogP contribution is -2.38. The molecule has 2 heterocycles. The lowest BCUT2D eigenvalue weighted by Gasteiger charge is -2.37. The Morgan fingerprint density at radius 3 is 2.69 bits per heavy atom. The van der Waals surface area contributed by atoms with Gasteiger partial charge in [-0.1, -0.05) is 41.4 Å². The average Bonchev–Trinajstić information content (AvgIpc) is 2.90. The van der Waals surface area contributed by atoms with Crippen molar-refractivity contribution < 1.29 is 0 Å². The largest absolute Gasteiger partial charge is 0.344 e. The van der Waals surface area contributed by atoms with Crippen LogP contribution in [0.3, 0.4) is 0 Å². The van der Waals surface area contributed by atoms with E-state index in [-0.39, 0.29) is 0 Å². The normalized spacial score (nSPS) is 20.5. The monoisotopic (exact) mass is 366 g/mol. The van der Waals surface area contributed by atoms with Crippen molar-refractivity contribution in [1.29, 1.82) is 0 Å². The van der Waals surface area contributed by atoms with Gasteiger partial charge in [0.05, 0.1) is 0 Å². The molecule has 0 spiro atoms. The van der Waals surface area contributed by atoms with Crippen LogP contribution in [0.5, 0.6) is 0 Å². The third kappa shape index (κ3) is 2.95. The van der Waals surface area contributed by atoms with Crippen LogP contribution in [-0.4, -0.2) is 22.6 Å². The van der Waals surface area contributed by atoms with Gasteiger partial charge in [0.1, 0.15) is 0 Å². The number of aromatic nitrogens is 1. The maximum Gasteiger partial charge on any atom is 0.0487 e. The van der Waals surface area contributed by atoms with Crippen molar-refractivity contribution in [2.24, 2.45) is 0 Å². The molecule has 0 amide bonds. The summed E-state index contributed by atoms with van der Waals surface area (Å²) in [6.45, 7) is 7.83. The Kier molecular flexibility index (Phi) is 4.58. The molecule has 136 valence electrons. The predicted octanol–water partition coefficient (Wildman–Crippen LogP) is 5.78. The van der Waals surface area contributed by atoms with Gasteiger partial charge in [0.25, 0.3) is 0 Å². The van der Waals surface area contributed by atoms with Crippen LogP contribution in [0.4, 0.5) is 0 Å². The van der Waals surface area contributed by atoms with Crippen LogP contribution in [-0.2, 0) is 19.4 Å². The van der Waals surface area contributed by atoms with Crippen molar-refractivity contribution in [3.05, 3.63) is 69.9 Å². The zero-order valence-electron chi connectivity index (χ0n) is 16.1. The van der Waals surface area contributed by atoms with Gasteiger partial charge in [0.2, 0.25) is 0 Å². The number of rotatable bonds is 3. The summed E-state index contributed by atoms with van der Waals surface area (Å²) in [4.78, 5) is 2.48. The summed E-state index contributed by atoms with van der Waals surface area (Å²) in [5.41, 5.74) is 7.02. The summed E-state index contributed by atoms with van der Waals surface area (Å²) < 4.78 is 2.54. The van der Waals surface area contributed by atoms with E-state index in [1.54, 1.807) is 0 Å². The number of hydrogen-bond donors (Lipinski definition) is 0. The van der Waals surface area contributed by atoms with E-state index in [0.717, 1.165) is 24.4 Å². The van der Waals surface area contributed by atoms with Crippen molar-refractivity contribution in [3.63, 3.8) is 0 Å². The van der Waals surface area contributed by atoms with Gasteiger partial charge < -0.3 is 4.57 Å². The summed E-state index contributed by atoms with van der Waals surface area (Å²) in [6.07, 6.45) is 2.15. The van der Waals surface area contributed by atoms with Crippen LogP contribution < -0.4 is 0 Å². The van der Waals surface area contributed by atoms with E-state index in [9.17, 15) is 0 Å². The van der Waals surface area contributed by atoms with Crippen LogP contribution in [0.25, 0.3) is 10.9 Å². The average molecular weight is 367 g/mol. The lowest BCUT2D eigenvalue weighted by molar-refractivity contribution is 0.177. The SMILES string of the molecule is Cc1cccc(CCn2c3c(c4cc(Cl)ccc42)C(C)N(C)C(C)C3)c1. The molecule has 26 heavy (non-hydrogen) atoms. The first-order valence-corrected chi connectivity index (χ1v) is 9.91. The van der Waals surface area contributed by atoms with E-state index < -0.39 is 0 Å². The highest BCUT2D eigenvalue weighted by molar-refractivity contribution is 6.31. The van der Waals surface area contributed by atoms with Crippen molar-refractivity contribution in [1.82, 2.24) is 9.47 Å². The molecule has 3 heteroatoms. The Hall–Kier alpha value is -1.77. The molecule has 2 aromatic carbocycles. The Labute approximate surface area is 161 Å². The van der Waals surface area contributed by atoms with Gasteiger partial charge in [-0.05, 0) is 63.6 Å². The summed E-state index contributed by atoms with van der Waals surface area (Å²) >= 11 is 6.35. The Balaban J connectivity index is 1.80. The van der Waals surface area contributed by atoms with Crippen molar-refractivity contribution >= 4 is 22.5 Å². The summed E-state index contributed by atoms with van der Waals surface area (Å²) in [6, 6.07) is 16.2. The first-order chi connectivity index (χ1) is 12.5. The highest BCUT2D eigenvalue weighted by Gasteiger charge is 2.31. The molecular weight excluding hydrogens is 340 g/mol. The van der Waals surface area contributed by atoms with E-state index in [1.165, 1.54) is 33.3 Å². The van der Waals surface area contributed by atoms with Gasteiger partial charge in [-0.3, -0.25) is 4.90 Å². The molecule has 2 atom stereocenters. The fourth-order valence-corrected chi connectivity index (χ4v) is 4.64. The molecule has 2 unspecified atom stereocenters. The number of benzene rings is 2. The number of aryl methyl sites for hydroxylation is 3. The topological polar surface area (TPSA) is 8.17 Å². The molecule has 0 N–H and O–H groups in total. The molecule has 0 aliphatic carbocycles. The minimum Gasteiger partial charge on any atom is -0.344 e. The lowest BCUT2D eigenvalue weighted by atomic mass is 9.93. The second-order valence-electron chi connectivity index (χ2n) is 7.81. The number of likely N-dealkylation sites (N-methyl/N-ethyl adjacent to an activating group) is 1. The molecule has 1 aromatic heterocycles. The maximum absolute atomic E-state index is 6.35. The Morgan fingerprint density at radius 2 is 1.92 bits per heavy atom. The second-order valence-corrected chi connectivity index (χ2v) is 8.24. The second kappa shape index (κ2) is 6.75. The molecule has 0 saturated carbocycles. The number of hydrogen-bond acceptors (Lipinski definition) is 1. The molecule has 1 aliphatic rings. The van der Waals surface area contributed by atoms with Crippen molar-refractivity contribution in [2.45, 2.75) is 52.2 Å². The van der Waals surface area contributed by atoms with Gasteiger partial charge >= 0.3 is 0 Å². The molecule has 0 bridgehead atoms. The zero-order valence-corrected chi connectivity index (χ0v) is 16.8. The predicted molar refractivity (Wildman–Crippen MR) is 111 cm³/mol. The molecule has 4 rings (SSSR count). The minimum absolute atomic E-state index is 0.412. The summed E-state index contributed by atoms with van der Waals surface area (Å²) in [7, 11) is 2.23. The molecule has 1 aliphatic heterocycles. The van der Waals surface area contributed by atoms with E-state index in [4.69, 9.17) is 11.6 Å². The molecule has 0 fully saturated rings. The van der Waals surface area contributed by atoms with Crippen LogP contribution in [0.1, 0.15) is 42.3 Å². The zero-order chi connectivity index (χ0) is 18.4. The summed E-state index contributed by atoms with van der Waals surface area (Å²) in [5, 5.41) is 2.15. The fourth-order valence-electron chi connectivity index (χ4n) is 4.47. The Morgan fingerprint density at radius 1 is 1.12 bits per heavy atom. The fraction of sp³-hybridized carbons (Fsp3) is 0.391. The van der Waals surface area contributed by atoms with Crippen molar-refractivity contribution in [2.75, 3.05) is 7.05 Å². The van der Waals surface area contributed by atoms with Gasteiger partial charge in [-0.25, -0.2) is 0 Å². The highest BCUT2D eigenvalue weighted by Crippen LogP contribution is 2.40. The van der Waals surface area contributed by atoms with E-state index in [1.807, 2.05) is 6.07 Å². The maximum atomic E-state index is 6.35. The molecule has 3 aromatic rings. The number of halogens is 1. The first kappa shape index (κ1) is 17.6. The highest BCUT2D eigenvalue weighted by atomic mass is 35.5. The smallest absolute Gasteiger partial charge is 0.0487 e. The van der Waals surface area contributed by atoms with Gasteiger partial charge in [-0.2, -0.15) is 0 Å². The quantitative estimate of drug-likeness (QED) is 0.570.